The van der Waals surface area contributed by atoms with Crippen LogP contribution >= 0.6 is 0 Å². The minimum atomic E-state index is -3.11. The molecule has 0 radical (unpaired) electrons. The van der Waals surface area contributed by atoms with Crippen molar-refractivity contribution in [3.63, 3.8) is 0 Å². The summed E-state index contributed by atoms with van der Waals surface area (Å²) >= 11 is 0. The van der Waals surface area contributed by atoms with Gasteiger partial charge in [0.2, 0.25) is 0 Å². The lowest BCUT2D eigenvalue weighted by atomic mass is 10.0. The molecule has 1 aliphatic rings. The zero-order chi connectivity index (χ0) is 15.7. The molecule has 1 fully saturated rings. The van der Waals surface area contributed by atoms with Gasteiger partial charge in [-0.2, -0.15) is 0 Å². The fraction of sp³-hybridized carbons (Fsp3) is 0.417. The number of rotatable bonds is 3. The van der Waals surface area contributed by atoms with Crippen LogP contribution in [0.15, 0.2) is 18.3 Å². The molecule has 2 rings (SSSR count). The van der Waals surface area contributed by atoms with Gasteiger partial charge in [-0.1, -0.05) is 0 Å². The summed E-state index contributed by atoms with van der Waals surface area (Å²) in [4.78, 5) is 26.2. The zero-order valence-electron chi connectivity index (χ0n) is 11.3. The van der Waals surface area contributed by atoms with Gasteiger partial charge in [0.05, 0.1) is 28.9 Å². The molecule has 1 unspecified atom stereocenters. The number of nitrogens with zero attached hydrogens (tertiary/aromatic N) is 1. The van der Waals surface area contributed by atoms with Crippen LogP contribution in [-0.4, -0.2) is 47.6 Å². The highest BCUT2D eigenvalue weighted by atomic mass is 32.2. The molecule has 0 aliphatic carbocycles. The third kappa shape index (κ3) is 3.91. The Morgan fingerprint density at radius 3 is 2.57 bits per heavy atom. The summed E-state index contributed by atoms with van der Waals surface area (Å²) in [6.07, 6.45) is 1.58. The number of aromatic nitrogens is 1. The second kappa shape index (κ2) is 5.32. The van der Waals surface area contributed by atoms with E-state index in [0.717, 1.165) is 0 Å². The van der Waals surface area contributed by atoms with Crippen molar-refractivity contribution in [1.29, 1.82) is 0 Å². The second-order valence-electron chi connectivity index (χ2n) is 5.22. The molecule has 2 heterocycles. The topological polar surface area (TPSA) is 125 Å². The van der Waals surface area contributed by atoms with E-state index in [9.17, 15) is 18.0 Å². The number of urea groups is 1. The first-order valence-corrected chi connectivity index (χ1v) is 8.00. The van der Waals surface area contributed by atoms with E-state index in [0.29, 0.717) is 12.1 Å². The summed E-state index contributed by atoms with van der Waals surface area (Å²) in [7, 11) is -3.11. The number of amides is 2. The Morgan fingerprint density at radius 1 is 1.38 bits per heavy atom. The predicted molar refractivity (Wildman–Crippen MR) is 75.0 cm³/mol. The molecule has 2 amide bonds. The van der Waals surface area contributed by atoms with E-state index in [1.165, 1.54) is 18.3 Å². The minimum Gasteiger partial charge on any atom is -0.477 e. The quantitative estimate of drug-likeness (QED) is 0.745. The van der Waals surface area contributed by atoms with Crippen molar-refractivity contribution in [2.75, 3.05) is 16.8 Å². The Morgan fingerprint density at radius 2 is 2.10 bits per heavy atom. The van der Waals surface area contributed by atoms with Crippen LogP contribution in [0.1, 0.15) is 23.8 Å². The first-order chi connectivity index (χ1) is 9.69. The Hall–Kier alpha value is -2.16. The summed E-state index contributed by atoms with van der Waals surface area (Å²) in [6.45, 7) is 1.67. The van der Waals surface area contributed by atoms with Gasteiger partial charge in [0, 0.05) is 0 Å². The van der Waals surface area contributed by atoms with Crippen molar-refractivity contribution in [1.82, 2.24) is 10.3 Å². The predicted octanol–water partition coefficient (Wildman–Crippen LogP) is 0.478. The van der Waals surface area contributed by atoms with Gasteiger partial charge in [0.25, 0.3) is 0 Å². The Balaban J connectivity index is 1.97. The monoisotopic (exact) mass is 313 g/mol. The van der Waals surface area contributed by atoms with Gasteiger partial charge in [-0.25, -0.2) is 23.0 Å². The molecule has 1 aromatic heterocycles. The Labute approximate surface area is 121 Å². The lowest BCUT2D eigenvalue weighted by Gasteiger charge is -2.23. The first kappa shape index (κ1) is 15.2. The second-order valence-corrected chi connectivity index (χ2v) is 7.40. The van der Waals surface area contributed by atoms with Crippen LogP contribution < -0.4 is 10.6 Å². The van der Waals surface area contributed by atoms with Crippen LogP contribution in [0.2, 0.25) is 0 Å². The summed E-state index contributed by atoms with van der Waals surface area (Å²) in [5, 5.41) is 13.8. The lowest BCUT2D eigenvalue weighted by Crippen LogP contribution is -2.48. The van der Waals surface area contributed by atoms with Crippen molar-refractivity contribution in [3.8, 4) is 0 Å². The molecule has 9 heteroatoms. The molecule has 114 valence electrons. The normalized spacial score (nSPS) is 23.5. The van der Waals surface area contributed by atoms with Gasteiger partial charge in [-0.05, 0) is 25.5 Å². The molecular formula is C12H15N3O5S. The van der Waals surface area contributed by atoms with Gasteiger partial charge < -0.3 is 15.7 Å². The van der Waals surface area contributed by atoms with E-state index in [4.69, 9.17) is 5.11 Å². The van der Waals surface area contributed by atoms with Gasteiger partial charge in [-0.3, -0.25) is 0 Å². The van der Waals surface area contributed by atoms with E-state index in [1.54, 1.807) is 6.92 Å². The van der Waals surface area contributed by atoms with Crippen LogP contribution in [-0.2, 0) is 9.84 Å². The van der Waals surface area contributed by atoms with Crippen molar-refractivity contribution in [2.45, 2.75) is 18.9 Å². The van der Waals surface area contributed by atoms with Crippen molar-refractivity contribution >= 4 is 27.5 Å². The third-order valence-electron chi connectivity index (χ3n) is 3.16. The molecule has 21 heavy (non-hydrogen) atoms. The smallest absolute Gasteiger partial charge is 0.354 e. The number of hydrogen-bond acceptors (Lipinski definition) is 5. The lowest BCUT2D eigenvalue weighted by molar-refractivity contribution is 0.0690. The number of sulfone groups is 1. The number of carboxylic acid groups (broad SMARTS) is 1. The number of aromatic carboxylic acids is 1. The molecule has 1 aliphatic heterocycles. The van der Waals surface area contributed by atoms with Gasteiger partial charge in [0.15, 0.2) is 9.84 Å². The van der Waals surface area contributed by atoms with E-state index in [1.807, 2.05) is 0 Å². The molecule has 0 saturated carbocycles. The Kier molecular flexibility index (Phi) is 3.86. The van der Waals surface area contributed by atoms with Crippen LogP contribution in [0.5, 0.6) is 0 Å². The van der Waals surface area contributed by atoms with Crippen LogP contribution in [0.25, 0.3) is 0 Å². The van der Waals surface area contributed by atoms with Crippen LogP contribution in [0, 0.1) is 0 Å². The number of anilines is 1. The maximum Gasteiger partial charge on any atom is 0.354 e. The number of hydrogen-bond donors (Lipinski definition) is 3. The number of carbonyl (C=O) groups is 2. The molecule has 0 aromatic carbocycles. The average molecular weight is 313 g/mol. The zero-order valence-corrected chi connectivity index (χ0v) is 12.1. The summed E-state index contributed by atoms with van der Waals surface area (Å²) in [5.41, 5.74) is -0.603. The van der Waals surface area contributed by atoms with Crippen LogP contribution in [0.4, 0.5) is 10.5 Å². The molecular weight excluding hydrogens is 298 g/mol. The van der Waals surface area contributed by atoms with Gasteiger partial charge >= 0.3 is 12.0 Å². The van der Waals surface area contributed by atoms with E-state index in [2.05, 4.69) is 15.6 Å². The fourth-order valence-electron chi connectivity index (χ4n) is 2.14. The Bertz CT molecular complexity index is 671. The maximum absolute atomic E-state index is 11.8. The highest BCUT2D eigenvalue weighted by molar-refractivity contribution is 7.91. The van der Waals surface area contributed by atoms with Gasteiger partial charge in [-0.15, -0.1) is 0 Å². The number of pyridine rings is 1. The average Bonchev–Trinajstić information content (AvgIpc) is 2.63. The van der Waals surface area contributed by atoms with Crippen LogP contribution in [0.3, 0.4) is 0 Å². The number of nitrogens with one attached hydrogen (secondary N) is 2. The first-order valence-electron chi connectivity index (χ1n) is 6.18. The van der Waals surface area contributed by atoms with Crippen molar-refractivity contribution < 1.29 is 23.1 Å². The van der Waals surface area contributed by atoms with E-state index < -0.39 is 27.4 Å². The molecule has 1 atom stereocenters. The molecule has 3 N–H and O–H groups in total. The molecule has 1 aromatic rings. The molecule has 1 saturated heterocycles. The summed E-state index contributed by atoms with van der Waals surface area (Å²) in [6, 6.07) is 2.11. The molecule has 0 bridgehead atoms. The SMILES string of the molecule is CC1(NC(=O)Nc2ccc(C(=O)O)nc2)CCS(=O)(=O)C1. The highest BCUT2D eigenvalue weighted by Crippen LogP contribution is 2.22. The van der Waals surface area contributed by atoms with Crippen molar-refractivity contribution in [2.24, 2.45) is 0 Å². The maximum atomic E-state index is 11.8. The largest absolute Gasteiger partial charge is 0.477 e. The number of carbonyl (C=O) groups excluding carboxylic acids is 1. The van der Waals surface area contributed by atoms with E-state index >= 15 is 0 Å². The summed E-state index contributed by atoms with van der Waals surface area (Å²) in [5.74, 6) is -1.20. The highest BCUT2D eigenvalue weighted by Gasteiger charge is 2.39. The summed E-state index contributed by atoms with van der Waals surface area (Å²) < 4.78 is 22.9. The molecule has 8 nitrogen and oxygen atoms in total. The van der Waals surface area contributed by atoms with Crippen molar-refractivity contribution in [3.05, 3.63) is 24.0 Å². The number of carboxylic acids is 1. The van der Waals surface area contributed by atoms with Gasteiger partial charge in [0.1, 0.15) is 5.69 Å². The fourth-order valence-corrected chi connectivity index (χ4v) is 4.23. The third-order valence-corrected chi connectivity index (χ3v) is 5.06. The van der Waals surface area contributed by atoms with E-state index in [-0.39, 0.29) is 17.2 Å². The standard InChI is InChI=1S/C12H15N3O5S/c1-12(4-5-21(19,20)7-12)15-11(18)14-8-2-3-9(10(16)17)13-6-8/h2-3,6H,4-5,7H2,1H3,(H,16,17)(H2,14,15,18). The molecule has 0 spiro atoms. The minimum absolute atomic E-state index is 0.0542.